The second-order valence-electron chi connectivity index (χ2n) is 4.74. The van der Waals surface area contributed by atoms with Gasteiger partial charge in [0.05, 0.1) is 16.3 Å². The van der Waals surface area contributed by atoms with E-state index in [-0.39, 0.29) is 15.6 Å². The van der Waals surface area contributed by atoms with Crippen LogP contribution in [0.15, 0.2) is 52.0 Å². The molecule has 0 saturated carbocycles. The van der Waals surface area contributed by atoms with Crippen LogP contribution in [-0.2, 0) is 0 Å². The standard InChI is InChI=1S/C16H13BrFN3O3/c1-21(16(23)12-3-2-4-13(18)14(12)17)19-9-10-5-7-11(8-6-10)15(22)20-24/h2-9,24H,1H3,(H,20,22)/b19-9+. The Morgan fingerprint density at radius 3 is 2.54 bits per heavy atom. The van der Waals surface area contributed by atoms with Crippen molar-refractivity contribution in [2.24, 2.45) is 5.10 Å². The molecule has 0 aliphatic heterocycles. The molecule has 0 radical (unpaired) electrons. The number of nitrogens with zero attached hydrogens (tertiary/aromatic N) is 2. The van der Waals surface area contributed by atoms with Gasteiger partial charge in [-0.25, -0.2) is 14.9 Å². The van der Waals surface area contributed by atoms with E-state index in [1.165, 1.54) is 49.1 Å². The maximum Gasteiger partial charge on any atom is 0.274 e. The van der Waals surface area contributed by atoms with Crippen molar-refractivity contribution in [2.75, 3.05) is 7.05 Å². The van der Waals surface area contributed by atoms with E-state index < -0.39 is 17.6 Å². The normalized spacial score (nSPS) is 10.7. The van der Waals surface area contributed by atoms with Crippen LogP contribution in [0.5, 0.6) is 0 Å². The van der Waals surface area contributed by atoms with Crippen LogP contribution in [0.1, 0.15) is 26.3 Å². The molecule has 0 unspecified atom stereocenters. The SMILES string of the molecule is CN(/N=C/c1ccc(C(=O)NO)cc1)C(=O)c1cccc(F)c1Br. The molecule has 2 rings (SSSR count). The highest BCUT2D eigenvalue weighted by atomic mass is 79.9. The van der Waals surface area contributed by atoms with Gasteiger partial charge in [-0.15, -0.1) is 0 Å². The van der Waals surface area contributed by atoms with Gasteiger partial charge in [0, 0.05) is 12.6 Å². The van der Waals surface area contributed by atoms with E-state index in [4.69, 9.17) is 5.21 Å². The van der Waals surface area contributed by atoms with Crippen molar-refractivity contribution in [3.05, 3.63) is 69.4 Å². The zero-order valence-electron chi connectivity index (χ0n) is 12.5. The van der Waals surface area contributed by atoms with Crippen LogP contribution in [0.4, 0.5) is 4.39 Å². The maximum absolute atomic E-state index is 13.5. The fourth-order valence-corrected chi connectivity index (χ4v) is 2.27. The lowest BCUT2D eigenvalue weighted by Crippen LogP contribution is -2.22. The summed E-state index contributed by atoms with van der Waals surface area (Å²) in [5, 5.41) is 13.6. The van der Waals surface area contributed by atoms with Crippen molar-refractivity contribution >= 4 is 34.0 Å². The van der Waals surface area contributed by atoms with Crippen LogP contribution in [-0.4, -0.2) is 35.3 Å². The van der Waals surface area contributed by atoms with Gasteiger partial charge in [-0.05, 0) is 45.8 Å². The van der Waals surface area contributed by atoms with E-state index in [0.717, 1.165) is 5.01 Å². The molecule has 0 atom stereocenters. The number of carbonyl (C=O) groups excluding carboxylic acids is 2. The molecule has 0 fully saturated rings. The van der Waals surface area contributed by atoms with Crippen molar-refractivity contribution in [3.8, 4) is 0 Å². The molecular formula is C16H13BrFN3O3. The average molecular weight is 394 g/mol. The third-order valence-electron chi connectivity index (χ3n) is 3.13. The molecule has 0 aromatic heterocycles. The highest BCUT2D eigenvalue weighted by Crippen LogP contribution is 2.21. The molecule has 124 valence electrons. The highest BCUT2D eigenvalue weighted by molar-refractivity contribution is 9.10. The summed E-state index contributed by atoms with van der Waals surface area (Å²) in [4.78, 5) is 23.5. The van der Waals surface area contributed by atoms with Gasteiger partial charge in [-0.3, -0.25) is 14.8 Å². The van der Waals surface area contributed by atoms with Crippen molar-refractivity contribution in [1.82, 2.24) is 10.5 Å². The Kier molecular flexibility index (Phi) is 5.78. The van der Waals surface area contributed by atoms with Crippen molar-refractivity contribution in [2.45, 2.75) is 0 Å². The molecule has 2 N–H and O–H groups in total. The van der Waals surface area contributed by atoms with E-state index in [0.29, 0.717) is 5.56 Å². The van der Waals surface area contributed by atoms with Crippen LogP contribution >= 0.6 is 15.9 Å². The molecule has 0 heterocycles. The Balaban J connectivity index is 2.12. The monoisotopic (exact) mass is 393 g/mol. The van der Waals surface area contributed by atoms with Crippen LogP contribution in [0, 0.1) is 5.82 Å². The molecule has 0 bridgehead atoms. The van der Waals surface area contributed by atoms with Crippen LogP contribution in [0.2, 0.25) is 0 Å². The smallest absolute Gasteiger partial charge is 0.274 e. The number of rotatable bonds is 4. The number of hydroxylamine groups is 1. The first kappa shape index (κ1) is 17.8. The second kappa shape index (κ2) is 7.80. The predicted octanol–water partition coefficient (Wildman–Crippen LogP) is 2.81. The first-order valence-electron chi connectivity index (χ1n) is 6.74. The summed E-state index contributed by atoms with van der Waals surface area (Å²) >= 11 is 3.04. The molecule has 2 aromatic rings. The molecule has 0 saturated heterocycles. The molecule has 24 heavy (non-hydrogen) atoms. The fourth-order valence-electron chi connectivity index (χ4n) is 1.83. The second-order valence-corrected chi connectivity index (χ2v) is 5.53. The number of benzene rings is 2. The summed E-state index contributed by atoms with van der Waals surface area (Å²) in [7, 11) is 1.45. The molecule has 0 spiro atoms. The lowest BCUT2D eigenvalue weighted by atomic mass is 10.1. The third kappa shape index (κ3) is 4.03. The van der Waals surface area contributed by atoms with Crippen molar-refractivity contribution < 1.29 is 19.2 Å². The number of carbonyl (C=O) groups is 2. The van der Waals surface area contributed by atoms with E-state index in [1.54, 1.807) is 12.1 Å². The number of hydrogen-bond donors (Lipinski definition) is 2. The van der Waals surface area contributed by atoms with E-state index in [9.17, 15) is 14.0 Å². The largest absolute Gasteiger partial charge is 0.288 e. The Morgan fingerprint density at radius 2 is 1.92 bits per heavy atom. The van der Waals surface area contributed by atoms with Crippen molar-refractivity contribution in [1.29, 1.82) is 0 Å². The zero-order valence-corrected chi connectivity index (χ0v) is 14.1. The maximum atomic E-state index is 13.5. The summed E-state index contributed by atoms with van der Waals surface area (Å²) in [6.07, 6.45) is 1.42. The number of hydrazone groups is 1. The zero-order chi connectivity index (χ0) is 17.7. The van der Waals surface area contributed by atoms with Gasteiger partial charge in [0.25, 0.3) is 11.8 Å². The lowest BCUT2D eigenvalue weighted by Gasteiger charge is -2.12. The summed E-state index contributed by atoms with van der Waals surface area (Å²) in [5.74, 6) is -1.63. The Hall–Kier alpha value is -2.58. The van der Waals surface area contributed by atoms with Gasteiger partial charge >= 0.3 is 0 Å². The fraction of sp³-hybridized carbons (Fsp3) is 0.0625. The predicted molar refractivity (Wildman–Crippen MR) is 89.5 cm³/mol. The Morgan fingerprint density at radius 1 is 1.25 bits per heavy atom. The van der Waals surface area contributed by atoms with Gasteiger partial charge in [-0.1, -0.05) is 18.2 Å². The molecule has 2 aromatic carbocycles. The summed E-state index contributed by atoms with van der Waals surface area (Å²) in [6.45, 7) is 0. The summed E-state index contributed by atoms with van der Waals surface area (Å²) in [6, 6.07) is 10.4. The van der Waals surface area contributed by atoms with Gasteiger partial charge in [-0.2, -0.15) is 5.10 Å². The minimum atomic E-state index is -0.623. The molecule has 8 heteroatoms. The van der Waals surface area contributed by atoms with E-state index in [1.807, 2.05) is 0 Å². The first-order valence-corrected chi connectivity index (χ1v) is 7.54. The van der Waals surface area contributed by atoms with Gasteiger partial charge in [0.1, 0.15) is 5.82 Å². The molecule has 0 aliphatic carbocycles. The molecule has 2 amide bonds. The Labute approximate surface area is 145 Å². The average Bonchev–Trinajstić information content (AvgIpc) is 2.61. The van der Waals surface area contributed by atoms with Crippen LogP contribution in [0.25, 0.3) is 0 Å². The van der Waals surface area contributed by atoms with Crippen LogP contribution in [0.3, 0.4) is 0 Å². The minimum absolute atomic E-state index is 0.0800. The Bertz CT molecular complexity index is 794. The molecule has 6 nitrogen and oxygen atoms in total. The summed E-state index contributed by atoms with van der Waals surface area (Å²) in [5.41, 5.74) is 2.61. The minimum Gasteiger partial charge on any atom is -0.288 e. The van der Waals surface area contributed by atoms with Gasteiger partial charge in [0.15, 0.2) is 0 Å². The van der Waals surface area contributed by atoms with Gasteiger partial charge in [0.2, 0.25) is 0 Å². The number of nitrogens with one attached hydrogen (secondary N) is 1. The first-order chi connectivity index (χ1) is 11.4. The molecular weight excluding hydrogens is 381 g/mol. The highest BCUT2D eigenvalue weighted by Gasteiger charge is 2.16. The van der Waals surface area contributed by atoms with E-state index >= 15 is 0 Å². The van der Waals surface area contributed by atoms with Gasteiger partial charge < -0.3 is 0 Å². The number of hydrogen-bond acceptors (Lipinski definition) is 4. The quantitative estimate of drug-likeness (QED) is 0.476. The molecule has 0 aliphatic rings. The van der Waals surface area contributed by atoms with Crippen LogP contribution < -0.4 is 5.48 Å². The topological polar surface area (TPSA) is 82.0 Å². The van der Waals surface area contributed by atoms with Crippen molar-refractivity contribution in [3.63, 3.8) is 0 Å². The van der Waals surface area contributed by atoms with E-state index in [2.05, 4.69) is 21.0 Å². The number of halogens is 2. The third-order valence-corrected chi connectivity index (χ3v) is 3.94. The summed E-state index contributed by atoms with van der Waals surface area (Å²) < 4.78 is 13.6. The lowest BCUT2D eigenvalue weighted by molar-refractivity contribution is 0.0706. The number of amides is 2.